The highest BCUT2D eigenvalue weighted by Crippen LogP contribution is 2.25. The zero-order valence-electron chi connectivity index (χ0n) is 11.6. The molecule has 0 heterocycles. The minimum absolute atomic E-state index is 1.04. The second-order valence-corrected chi connectivity index (χ2v) is 4.52. The molecule has 0 atom stereocenters. The Bertz CT molecular complexity index is 574. The molecule has 0 saturated heterocycles. The van der Waals surface area contributed by atoms with E-state index >= 15 is 0 Å². The number of allylic oxidation sites excluding steroid dienone is 4. The van der Waals surface area contributed by atoms with E-state index in [1.54, 1.807) is 0 Å². The molecule has 0 saturated carbocycles. The molecule has 0 unspecified atom stereocenters. The molecule has 0 aliphatic heterocycles. The van der Waals surface area contributed by atoms with Crippen molar-refractivity contribution in [1.29, 1.82) is 0 Å². The third-order valence-electron chi connectivity index (χ3n) is 3.21. The average molecular weight is 248 g/mol. The molecule has 0 heteroatoms. The minimum atomic E-state index is 1.04. The third kappa shape index (κ3) is 3.45. The van der Waals surface area contributed by atoms with E-state index in [1.165, 1.54) is 22.3 Å². The Balaban J connectivity index is 2.39. The van der Waals surface area contributed by atoms with Crippen LogP contribution in [-0.4, -0.2) is 0 Å². The first-order chi connectivity index (χ1) is 9.35. The van der Waals surface area contributed by atoms with Gasteiger partial charge < -0.3 is 0 Å². The first-order valence-electron chi connectivity index (χ1n) is 6.83. The topological polar surface area (TPSA) is 0 Å². The summed E-state index contributed by atoms with van der Waals surface area (Å²) >= 11 is 0. The highest BCUT2D eigenvalue weighted by molar-refractivity contribution is 5.73. The van der Waals surface area contributed by atoms with E-state index in [1.807, 2.05) is 6.92 Å². The molecule has 0 nitrogen and oxygen atoms in total. The second kappa shape index (κ2) is 6.75. The molecule has 19 heavy (non-hydrogen) atoms. The molecule has 0 fully saturated rings. The normalized spacial score (nSPS) is 12.0. The maximum atomic E-state index is 2.27. The van der Waals surface area contributed by atoms with E-state index in [2.05, 4.69) is 79.7 Å². The van der Waals surface area contributed by atoms with Crippen LogP contribution in [0.3, 0.4) is 0 Å². The van der Waals surface area contributed by atoms with Crippen LogP contribution >= 0.6 is 0 Å². The van der Waals surface area contributed by atoms with E-state index in [0.29, 0.717) is 0 Å². The minimum Gasteiger partial charge on any atom is -0.0877 e. The van der Waals surface area contributed by atoms with Crippen LogP contribution in [0.15, 0.2) is 72.8 Å². The van der Waals surface area contributed by atoms with Gasteiger partial charge in [0.05, 0.1) is 0 Å². The standard InChI is InChI=1S/C19H20/c1-3-5-10-16(4-2)18-13-9-14-19(15-18)17-11-7-6-8-12-17/h3,5-15H,4H2,1-2H3/b5-3-,16-10+. The van der Waals surface area contributed by atoms with Crippen molar-refractivity contribution in [3.05, 3.63) is 78.4 Å². The number of hydrogen-bond donors (Lipinski definition) is 0. The third-order valence-corrected chi connectivity index (χ3v) is 3.21. The van der Waals surface area contributed by atoms with Gasteiger partial charge in [0.25, 0.3) is 0 Å². The van der Waals surface area contributed by atoms with Gasteiger partial charge in [-0.05, 0) is 41.7 Å². The van der Waals surface area contributed by atoms with Gasteiger partial charge in [0.1, 0.15) is 0 Å². The predicted octanol–water partition coefficient (Wildman–Crippen LogP) is 5.72. The molecule has 0 amide bonds. The van der Waals surface area contributed by atoms with E-state index in [0.717, 1.165) is 6.42 Å². The first-order valence-corrected chi connectivity index (χ1v) is 6.83. The van der Waals surface area contributed by atoms with Gasteiger partial charge in [0.2, 0.25) is 0 Å². The summed E-state index contributed by atoms with van der Waals surface area (Å²) in [6.07, 6.45) is 7.41. The summed E-state index contributed by atoms with van der Waals surface area (Å²) in [5.41, 5.74) is 5.22. The molecule has 0 aliphatic rings. The van der Waals surface area contributed by atoms with E-state index < -0.39 is 0 Å². The fraction of sp³-hybridized carbons (Fsp3) is 0.158. The van der Waals surface area contributed by atoms with Crippen LogP contribution in [0.1, 0.15) is 25.8 Å². The SMILES string of the molecule is C/C=C\C=C(/CC)c1cccc(-c2ccccc2)c1. The lowest BCUT2D eigenvalue weighted by Crippen LogP contribution is -1.84. The number of rotatable bonds is 4. The summed E-state index contributed by atoms with van der Waals surface area (Å²) in [4.78, 5) is 0. The van der Waals surface area contributed by atoms with E-state index in [-0.39, 0.29) is 0 Å². The molecule has 0 aromatic heterocycles. The van der Waals surface area contributed by atoms with Crippen LogP contribution in [0, 0.1) is 0 Å². The van der Waals surface area contributed by atoms with Crippen molar-refractivity contribution < 1.29 is 0 Å². The number of benzene rings is 2. The van der Waals surface area contributed by atoms with Crippen molar-refractivity contribution in [2.45, 2.75) is 20.3 Å². The molecule has 2 aromatic rings. The molecular weight excluding hydrogens is 228 g/mol. The summed E-state index contributed by atoms with van der Waals surface area (Å²) in [7, 11) is 0. The van der Waals surface area contributed by atoms with Gasteiger partial charge in [-0.25, -0.2) is 0 Å². The summed E-state index contributed by atoms with van der Waals surface area (Å²) in [6, 6.07) is 19.3. The lowest BCUT2D eigenvalue weighted by molar-refractivity contribution is 1.24. The second-order valence-electron chi connectivity index (χ2n) is 4.52. The largest absolute Gasteiger partial charge is 0.0877 e. The van der Waals surface area contributed by atoms with Crippen molar-refractivity contribution >= 4 is 5.57 Å². The molecule has 0 spiro atoms. The van der Waals surface area contributed by atoms with Crippen molar-refractivity contribution in [3.63, 3.8) is 0 Å². The first kappa shape index (κ1) is 13.4. The molecule has 0 radical (unpaired) electrons. The Morgan fingerprint density at radius 2 is 1.68 bits per heavy atom. The lowest BCUT2D eigenvalue weighted by Gasteiger charge is -2.07. The summed E-state index contributed by atoms with van der Waals surface area (Å²) < 4.78 is 0. The smallest absolute Gasteiger partial charge is 0.0178 e. The molecule has 2 aromatic carbocycles. The quantitative estimate of drug-likeness (QED) is 0.607. The number of hydrogen-bond acceptors (Lipinski definition) is 0. The van der Waals surface area contributed by atoms with Crippen molar-refractivity contribution in [1.82, 2.24) is 0 Å². The van der Waals surface area contributed by atoms with Crippen LogP contribution in [0.25, 0.3) is 16.7 Å². The maximum Gasteiger partial charge on any atom is -0.0178 e. The summed E-state index contributed by atoms with van der Waals surface area (Å²) in [6.45, 7) is 4.24. The zero-order chi connectivity index (χ0) is 13.5. The van der Waals surface area contributed by atoms with E-state index in [4.69, 9.17) is 0 Å². The van der Waals surface area contributed by atoms with Gasteiger partial charge in [-0.15, -0.1) is 0 Å². The highest BCUT2D eigenvalue weighted by Gasteiger charge is 2.01. The Kier molecular flexibility index (Phi) is 4.74. The van der Waals surface area contributed by atoms with Crippen LogP contribution < -0.4 is 0 Å². The van der Waals surface area contributed by atoms with Crippen molar-refractivity contribution in [2.75, 3.05) is 0 Å². The van der Waals surface area contributed by atoms with Gasteiger partial charge >= 0.3 is 0 Å². The van der Waals surface area contributed by atoms with Gasteiger partial charge in [0, 0.05) is 0 Å². The van der Waals surface area contributed by atoms with Gasteiger partial charge in [0.15, 0.2) is 0 Å². The molecule has 2 rings (SSSR count). The summed E-state index contributed by atoms with van der Waals surface area (Å²) in [5.74, 6) is 0. The summed E-state index contributed by atoms with van der Waals surface area (Å²) in [5, 5.41) is 0. The average Bonchev–Trinajstić information content (AvgIpc) is 2.49. The zero-order valence-corrected chi connectivity index (χ0v) is 11.6. The van der Waals surface area contributed by atoms with Crippen LogP contribution in [-0.2, 0) is 0 Å². The molecule has 0 bridgehead atoms. The van der Waals surface area contributed by atoms with Crippen LogP contribution in [0.2, 0.25) is 0 Å². The van der Waals surface area contributed by atoms with Crippen molar-refractivity contribution in [3.8, 4) is 11.1 Å². The lowest BCUT2D eigenvalue weighted by atomic mass is 9.97. The maximum absolute atomic E-state index is 2.27. The Hall–Kier alpha value is -2.08. The molecular formula is C19H20. The Morgan fingerprint density at radius 3 is 2.37 bits per heavy atom. The predicted molar refractivity (Wildman–Crippen MR) is 85.0 cm³/mol. The van der Waals surface area contributed by atoms with Crippen LogP contribution in [0.4, 0.5) is 0 Å². The van der Waals surface area contributed by atoms with Crippen molar-refractivity contribution in [2.24, 2.45) is 0 Å². The van der Waals surface area contributed by atoms with Crippen LogP contribution in [0.5, 0.6) is 0 Å². The monoisotopic (exact) mass is 248 g/mol. The highest BCUT2D eigenvalue weighted by atomic mass is 14.1. The van der Waals surface area contributed by atoms with E-state index in [9.17, 15) is 0 Å². The fourth-order valence-electron chi connectivity index (χ4n) is 2.16. The molecule has 0 aliphatic carbocycles. The molecule has 0 N–H and O–H groups in total. The van der Waals surface area contributed by atoms with Gasteiger partial charge in [-0.1, -0.05) is 73.7 Å². The van der Waals surface area contributed by atoms with Gasteiger partial charge in [-0.2, -0.15) is 0 Å². The van der Waals surface area contributed by atoms with Gasteiger partial charge in [-0.3, -0.25) is 0 Å². The Morgan fingerprint density at radius 1 is 0.947 bits per heavy atom. The fourth-order valence-corrected chi connectivity index (χ4v) is 2.16. The Labute approximate surface area is 116 Å². The molecule has 96 valence electrons.